The molecule has 0 bridgehead atoms. The summed E-state index contributed by atoms with van der Waals surface area (Å²) in [6.45, 7) is 6.53. The first-order chi connectivity index (χ1) is 7.50. The zero-order valence-electron chi connectivity index (χ0n) is 10.8. The summed E-state index contributed by atoms with van der Waals surface area (Å²) in [6.07, 6.45) is 2.63. The Balaban J connectivity index is 2.48. The molecule has 0 aromatic rings. The molecule has 0 amide bonds. The van der Waals surface area contributed by atoms with Gasteiger partial charge < -0.3 is 15.6 Å². The molecule has 4 nitrogen and oxygen atoms in total. The number of rotatable bonds is 8. The number of nitrogens with zero attached hydrogens (tertiary/aromatic N) is 1. The zero-order chi connectivity index (χ0) is 12.2. The van der Waals surface area contributed by atoms with Crippen LogP contribution in [-0.2, 0) is 4.74 Å². The van der Waals surface area contributed by atoms with Gasteiger partial charge in [-0.1, -0.05) is 0 Å². The fourth-order valence-electron chi connectivity index (χ4n) is 2.01. The van der Waals surface area contributed by atoms with E-state index in [-0.39, 0.29) is 0 Å². The van der Waals surface area contributed by atoms with Crippen molar-refractivity contribution in [2.75, 3.05) is 33.4 Å². The van der Waals surface area contributed by atoms with Gasteiger partial charge in [0.15, 0.2) is 0 Å². The first kappa shape index (κ1) is 13.9. The summed E-state index contributed by atoms with van der Waals surface area (Å²) in [6, 6.07) is 0.521. The number of nitrogens with two attached hydrogens (primary N) is 1. The van der Waals surface area contributed by atoms with Crippen molar-refractivity contribution in [3.63, 3.8) is 0 Å². The van der Waals surface area contributed by atoms with Crippen LogP contribution in [0.5, 0.6) is 0 Å². The normalized spacial score (nSPS) is 22.1. The summed E-state index contributed by atoms with van der Waals surface area (Å²) in [4.78, 5) is 2.30. The molecule has 1 fully saturated rings. The lowest BCUT2D eigenvalue weighted by atomic mass is 10.0. The second kappa shape index (κ2) is 5.96. The molecule has 1 rings (SSSR count). The highest BCUT2D eigenvalue weighted by atomic mass is 16.5. The first-order valence-corrected chi connectivity index (χ1v) is 6.15. The summed E-state index contributed by atoms with van der Waals surface area (Å²) in [5, 5.41) is 10.0. The standard InChI is InChI=1S/C12H26N2O2/c1-10(11-4-5-11)14(6-7-16-3)9-12(2,15)8-13/h10-11,15H,4-9,13H2,1-3H3. The van der Waals surface area contributed by atoms with Gasteiger partial charge in [-0.05, 0) is 32.6 Å². The Morgan fingerprint density at radius 1 is 1.56 bits per heavy atom. The Kier molecular flexibility index (Phi) is 5.18. The fraction of sp³-hybridized carbons (Fsp3) is 1.00. The van der Waals surface area contributed by atoms with Gasteiger partial charge in [0, 0.05) is 32.8 Å². The second-order valence-corrected chi connectivity index (χ2v) is 5.24. The minimum Gasteiger partial charge on any atom is -0.388 e. The zero-order valence-corrected chi connectivity index (χ0v) is 10.8. The molecule has 1 saturated carbocycles. The molecule has 0 aromatic carbocycles. The van der Waals surface area contributed by atoms with E-state index in [1.165, 1.54) is 12.8 Å². The van der Waals surface area contributed by atoms with E-state index in [0.29, 0.717) is 25.7 Å². The molecule has 96 valence electrons. The summed E-state index contributed by atoms with van der Waals surface area (Å²) >= 11 is 0. The van der Waals surface area contributed by atoms with Crippen molar-refractivity contribution >= 4 is 0 Å². The number of ether oxygens (including phenoxy) is 1. The Morgan fingerprint density at radius 2 is 2.19 bits per heavy atom. The minimum atomic E-state index is -0.795. The third-order valence-corrected chi connectivity index (χ3v) is 3.45. The molecule has 2 unspecified atom stereocenters. The van der Waals surface area contributed by atoms with E-state index in [1.54, 1.807) is 14.0 Å². The lowest BCUT2D eigenvalue weighted by molar-refractivity contribution is 0.00336. The monoisotopic (exact) mass is 230 g/mol. The van der Waals surface area contributed by atoms with Crippen molar-refractivity contribution in [2.24, 2.45) is 11.7 Å². The molecule has 0 aliphatic heterocycles. The highest BCUT2D eigenvalue weighted by Crippen LogP contribution is 2.35. The molecular formula is C12H26N2O2. The number of hydrogen-bond acceptors (Lipinski definition) is 4. The van der Waals surface area contributed by atoms with Crippen LogP contribution >= 0.6 is 0 Å². The first-order valence-electron chi connectivity index (χ1n) is 6.15. The topological polar surface area (TPSA) is 58.7 Å². The van der Waals surface area contributed by atoms with Crippen LogP contribution < -0.4 is 5.73 Å². The van der Waals surface area contributed by atoms with Gasteiger partial charge >= 0.3 is 0 Å². The molecule has 2 atom stereocenters. The molecule has 0 aromatic heterocycles. The van der Waals surface area contributed by atoms with Gasteiger partial charge in [-0.3, -0.25) is 4.90 Å². The lowest BCUT2D eigenvalue weighted by Crippen LogP contribution is -2.50. The fourth-order valence-corrected chi connectivity index (χ4v) is 2.01. The maximum atomic E-state index is 10.0. The third kappa shape index (κ3) is 4.37. The lowest BCUT2D eigenvalue weighted by Gasteiger charge is -2.35. The van der Waals surface area contributed by atoms with Gasteiger partial charge in [0.2, 0.25) is 0 Å². The maximum absolute atomic E-state index is 10.0. The molecule has 16 heavy (non-hydrogen) atoms. The van der Waals surface area contributed by atoms with E-state index in [2.05, 4.69) is 11.8 Å². The molecule has 1 aliphatic carbocycles. The highest BCUT2D eigenvalue weighted by Gasteiger charge is 2.34. The third-order valence-electron chi connectivity index (χ3n) is 3.45. The predicted octanol–water partition coefficient (Wildman–Crippen LogP) is 0.443. The SMILES string of the molecule is COCCN(CC(C)(O)CN)C(C)C1CC1. The van der Waals surface area contributed by atoms with E-state index >= 15 is 0 Å². The number of hydrogen-bond donors (Lipinski definition) is 2. The van der Waals surface area contributed by atoms with Gasteiger partial charge in [-0.15, -0.1) is 0 Å². The summed E-state index contributed by atoms with van der Waals surface area (Å²) in [5.41, 5.74) is 4.77. The average Bonchev–Trinajstić information content (AvgIpc) is 3.07. The average molecular weight is 230 g/mol. The predicted molar refractivity (Wildman–Crippen MR) is 65.3 cm³/mol. The van der Waals surface area contributed by atoms with Crippen LogP contribution in [0, 0.1) is 5.92 Å². The van der Waals surface area contributed by atoms with Gasteiger partial charge in [-0.2, -0.15) is 0 Å². The van der Waals surface area contributed by atoms with Crippen molar-refractivity contribution in [3.05, 3.63) is 0 Å². The second-order valence-electron chi connectivity index (χ2n) is 5.24. The molecule has 0 saturated heterocycles. The Bertz CT molecular complexity index is 205. The number of methoxy groups -OCH3 is 1. The molecule has 3 N–H and O–H groups in total. The molecule has 0 heterocycles. The van der Waals surface area contributed by atoms with Gasteiger partial charge in [0.25, 0.3) is 0 Å². The van der Waals surface area contributed by atoms with Crippen LogP contribution in [0.4, 0.5) is 0 Å². The van der Waals surface area contributed by atoms with Crippen molar-refractivity contribution in [3.8, 4) is 0 Å². The minimum absolute atomic E-state index is 0.299. The Labute approximate surface area is 98.8 Å². The smallest absolute Gasteiger partial charge is 0.0867 e. The van der Waals surface area contributed by atoms with E-state index in [0.717, 1.165) is 12.5 Å². The van der Waals surface area contributed by atoms with Crippen LogP contribution in [0.3, 0.4) is 0 Å². The van der Waals surface area contributed by atoms with Crippen molar-refractivity contribution in [1.82, 2.24) is 4.90 Å². The van der Waals surface area contributed by atoms with Gasteiger partial charge in [0.1, 0.15) is 0 Å². The quantitative estimate of drug-likeness (QED) is 0.635. The van der Waals surface area contributed by atoms with Gasteiger partial charge in [-0.25, -0.2) is 0 Å². The van der Waals surface area contributed by atoms with E-state index in [9.17, 15) is 5.11 Å². The van der Waals surface area contributed by atoms with Crippen LogP contribution in [0.25, 0.3) is 0 Å². The summed E-state index contributed by atoms with van der Waals surface area (Å²) in [7, 11) is 1.71. The Morgan fingerprint density at radius 3 is 2.62 bits per heavy atom. The number of aliphatic hydroxyl groups is 1. The molecular weight excluding hydrogens is 204 g/mol. The largest absolute Gasteiger partial charge is 0.388 e. The van der Waals surface area contributed by atoms with Crippen molar-refractivity contribution < 1.29 is 9.84 Å². The van der Waals surface area contributed by atoms with Gasteiger partial charge in [0.05, 0.1) is 12.2 Å². The molecule has 1 aliphatic rings. The van der Waals surface area contributed by atoms with E-state index in [1.807, 2.05) is 0 Å². The maximum Gasteiger partial charge on any atom is 0.0867 e. The molecule has 0 radical (unpaired) electrons. The Hall–Kier alpha value is -0.160. The van der Waals surface area contributed by atoms with Crippen LogP contribution in [0.15, 0.2) is 0 Å². The van der Waals surface area contributed by atoms with Crippen LogP contribution in [0.1, 0.15) is 26.7 Å². The van der Waals surface area contributed by atoms with E-state index in [4.69, 9.17) is 10.5 Å². The summed E-state index contributed by atoms with van der Waals surface area (Å²) in [5.74, 6) is 0.797. The van der Waals surface area contributed by atoms with Crippen LogP contribution in [0.2, 0.25) is 0 Å². The van der Waals surface area contributed by atoms with E-state index < -0.39 is 5.60 Å². The van der Waals surface area contributed by atoms with Crippen molar-refractivity contribution in [1.29, 1.82) is 0 Å². The molecule has 0 spiro atoms. The van der Waals surface area contributed by atoms with Crippen molar-refractivity contribution in [2.45, 2.75) is 38.3 Å². The highest BCUT2D eigenvalue weighted by molar-refractivity contribution is 4.88. The molecule has 4 heteroatoms. The van der Waals surface area contributed by atoms with Crippen LogP contribution in [-0.4, -0.2) is 55.0 Å². The summed E-state index contributed by atoms with van der Waals surface area (Å²) < 4.78 is 5.12.